The van der Waals surface area contributed by atoms with E-state index >= 15 is 0 Å². The molecule has 0 atom stereocenters. The summed E-state index contributed by atoms with van der Waals surface area (Å²) in [6.07, 6.45) is 0. The molecule has 2 rings (SSSR count). The summed E-state index contributed by atoms with van der Waals surface area (Å²) < 4.78 is 5.20. The van der Waals surface area contributed by atoms with Crippen molar-refractivity contribution in [2.24, 2.45) is 0 Å². The van der Waals surface area contributed by atoms with Crippen LogP contribution in [0.15, 0.2) is 52.3 Å². The number of anilines is 1. The number of aryl methyl sites for hydroxylation is 1. The van der Waals surface area contributed by atoms with Gasteiger partial charge in [0.05, 0.1) is 7.11 Å². The molecule has 0 saturated carbocycles. The molecule has 0 unspecified atom stereocenters. The molecule has 0 amide bonds. The van der Waals surface area contributed by atoms with Crippen LogP contribution in [0.3, 0.4) is 0 Å². The topological polar surface area (TPSA) is 35.2 Å². The predicted octanol–water partition coefficient (Wildman–Crippen LogP) is 3.74. The van der Waals surface area contributed by atoms with Crippen LogP contribution in [-0.2, 0) is 0 Å². The van der Waals surface area contributed by atoms with E-state index in [9.17, 15) is 0 Å². The zero-order valence-electron chi connectivity index (χ0n) is 9.94. The monoisotopic (exact) mass is 245 g/mol. The van der Waals surface area contributed by atoms with Crippen LogP contribution < -0.4 is 10.5 Å². The van der Waals surface area contributed by atoms with Crippen LogP contribution in [0, 0.1) is 6.92 Å². The third-order valence-corrected chi connectivity index (χ3v) is 3.52. The summed E-state index contributed by atoms with van der Waals surface area (Å²) in [5.74, 6) is 0.862. The van der Waals surface area contributed by atoms with Crippen LogP contribution in [-0.4, -0.2) is 7.11 Å². The highest BCUT2D eigenvalue weighted by molar-refractivity contribution is 7.99. The summed E-state index contributed by atoms with van der Waals surface area (Å²) in [4.78, 5) is 2.20. The summed E-state index contributed by atoms with van der Waals surface area (Å²) in [5.41, 5.74) is 7.98. The van der Waals surface area contributed by atoms with Crippen LogP contribution in [0.1, 0.15) is 5.56 Å². The number of benzene rings is 2. The molecule has 0 spiro atoms. The molecule has 0 aliphatic carbocycles. The highest BCUT2D eigenvalue weighted by atomic mass is 32.2. The van der Waals surface area contributed by atoms with Crippen molar-refractivity contribution in [1.29, 1.82) is 0 Å². The molecule has 2 aromatic rings. The number of methoxy groups -OCH3 is 1. The molecule has 0 bridgehead atoms. The third kappa shape index (κ3) is 2.94. The number of nitrogens with two attached hydrogens (primary N) is 1. The van der Waals surface area contributed by atoms with Crippen LogP contribution >= 0.6 is 11.8 Å². The zero-order valence-corrected chi connectivity index (χ0v) is 10.8. The van der Waals surface area contributed by atoms with Crippen molar-refractivity contribution in [3.63, 3.8) is 0 Å². The largest absolute Gasteiger partial charge is 0.497 e. The Hall–Kier alpha value is -1.61. The van der Waals surface area contributed by atoms with Gasteiger partial charge in [0.1, 0.15) is 5.75 Å². The Bertz CT molecular complexity index is 525. The van der Waals surface area contributed by atoms with E-state index in [0.717, 1.165) is 21.2 Å². The summed E-state index contributed by atoms with van der Waals surface area (Å²) >= 11 is 1.65. The van der Waals surface area contributed by atoms with Crippen LogP contribution in [0.25, 0.3) is 0 Å². The van der Waals surface area contributed by atoms with Gasteiger partial charge in [-0.3, -0.25) is 0 Å². The van der Waals surface area contributed by atoms with Gasteiger partial charge in [-0.05, 0) is 42.8 Å². The van der Waals surface area contributed by atoms with Crippen molar-refractivity contribution in [3.8, 4) is 5.75 Å². The molecule has 3 heteroatoms. The molecule has 0 aliphatic heterocycles. The van der Waals surface area contributed by atoms with Crippen molar-refractivity contribution in [1.82, 2.24) is 0 Å². The van der Waals surface area contributed by atoms with E-state index in [1.807, 2.05) is 37.3 Å². The van der Waals surface area contributed by atoms with E-state index in [-0.39, 0.29) is 0 Å². The number of hydrogen-bond acceptors (Lipinski definition) is 3. The Morgan fingerprint density at radius 3 is 2.65 bits per heavy atom. The Labute approximate surface area is 106 Å². The lowest BCUT2D eigenvalue weighted by Gasteiger charge is -2.07. The summed E-state index contributed by atoms with van der Waals surface area (Å²) in [6.45, 7) is 2.04. The van der Waals surface area contributed by atoms with Gasteiger partial charge in [-0.2, -0.15) is 0 Å². The lowest BCUT2D eigenvalue weighted by Crippen LogP contribution is -1.89. The van der Waals surface area contributed by atoms with Crippen LogP contribution in [0.2, 0.25) is 0 Å². The van der Waals surface area contributed by atoms with Gasteiger partial charge in [0.25, 0.3) is 0 Å². The van der Waals surface area contributed by atoms with Gasteiger partial charge in [0, 0.05) is 15.5 Å². The van der Waals surface area contributed by atoms with E-state index in [1.54, 1.807) is 18.9 Å². The average Bonchev–Trinajstić information content (AvgIpc) is 2.33. The van der Waals surface area contributed by atoms with Gasteiger partial charge < -0.3 is 10.5 Å². The smallest absolute Gasteiger partial charge is 0.119 e. The molecule has 0 radical (unpaired) electrons. The fourth-order valence-corrected chi connectivity index (χ4v) is 2.44. The van der Waals surface area contributed by atoms with Gasteiger partial charge in [-0.1, -0.05) is 23.9 Å². The van der Waals surface area contributed by atoms with Gasteiger partial charge in [-0.15, -0.1) is 0 Å². The molecule has 2 N–H and O–H groups in total. The predicted molar refractivity (Wildman–Crippen MR) is 72.7 cm³/mol. The highest BCUT2D eigenvalue weighted by Gasteiger charge is 2.03. The SMILES string of the molecule is COc1cccc(Sc2ccc(C)cc2N)c1. The molecule has 0 saturated heterocycles. The summed E-state index contributed by atoms with van der Waals surface area (Å²) in [7, 11) is 1.67. The Morgan fingerprint density at radius 1 is 1.12 bits per heavy atom. The second-order valence-corrected chi connectivity index (χ2v) is 4.94. The lowest BCUT2D eigenvalue weighted by molar-refractivity contribution is 0.413. The summed E-state index contributed by atoms with van der Waals surface area (Å²) in [5, 5.41) is 0. The highest BCUT2D eigenvalue weighted by Crippen LogP contribution is 2.33. The Balaban J connectivity index is 2.25. The quantitative estimate of drug-likeness (QED) is 0.837. The van der Waals surface area contributed by atoms with E-state index in [1.165, 1.54) is 5.56 Å². The standard InChI is InChI=1S/C14H15NOS/c1-10-6-7-14(13(15)8-10)17-12-5-3-4-11(9-12)16-2/h3-9H,15H2,1-2H3. The molecule has 2 aromatic carbocycles. The normalized spacial score (nSPS) is 10.2. The zero-order chi connectivity index (χ0) is 12.3. The van der Waals surface area contributed by atoms with Crippen molar-refractivity contribution in [3.05, 3.63) is 48.0 Å². The first-order valence-electron chi connectivity index (χ1n) is 5.37. The van der Waals surface area contributed by atoms with E-state index in [4.69, 9.17) is 10.5 Å². The second-order valence-electron chi connectivity index (χ2n) is 3.82. The molecule has 17 heavy (non-hydrogen) atoms. The first-order valence-corrected chi connectivity index (χ1v) is 6.19. The minimum absolute atomic E-state index is 0.817. The number of rotatable bonds is 3. The van der Waals surface area contributed by atoms with Crippen molar-refractivity contribution in [2.45, 2.75) is 16.7 Å². The minimum Gasteiger partial charge on any atom is -0.497 e. The van der Waals surface area contributed by atoms with Gasteiger partial charge in [0.15, 0.2) is 0 Å². The van der Waals surface area contributed by atoms with Crippen molar-refractivity contribution < 1.29 is 4.74 Å². The van der Waals surface area contributed by atoms with Crippen LogP contribution in [0.5, 0.6) is 5.75 Å². The first-order chi connectivity index (χ1) is 8.19. The molecule has 0 aliphatic rings. The molecule has 0 heterocycles. The molecular weight excluding hydrogens is 230 g/mol. The van der Waals surface area contributed by atoms with Gasteiger partial charge in [0.2, 0.25) is 0 Å². The first kappa shape index (κ1) is 11.9. The lowest BCUT2D eigenvalue weighted by atomic mass is 10.2. The Morgan fingerprint density at radius 2 is 1.94 bits per heavy atom. The van der Waals surface area contributed by atoms with E-state index < -0.39 is 0 Å². The van der Waals surface area contributed by atoms with Gasteiger partial charge in [-0.25, -0.2) is 0 Å². The molecule has 0 fully saturated rings. The van der Waals surface area contributed by atoms with Crippen molar-refractivity contribution in [2.75, 3.05) is 12.8 Å². The number of ether oxygens (including phenoxy) is 1. The summed E-state index contributed by atoms with van der Waals surface area (Å²) in [6, 6.07) is 14.1. The Kier molecular flexibility index (Phi) is 3.59. The molecule has 88 valence electrons. The van der Waals surface area contributed by atoms with Gasteiger partial charge >= 0.3 is 0 Å². The van der Waals surface area contributed by atoms with E-state index in [2.05, 4.69) is 12.1 Å². The fourth-order valence-electron chi connectivity index (χ4n) is 1.55. The van der Waals surface area contributed by atoms with Crippen LogP contribution in [0.4, 0.5) is 5.69 Å². The maximum Gasteiger partial charge on any atom is 0.119 e. The number of hydrogen-bond donors (Lipinski definition) is 1. The molecule has 2 nitrogen and oxygen atoms in total. The number of nitrogen functional groups attached to an aromatic ring is 1. The van der Waals surface area contributed by atoms with E-state index in [0.29, 0.717) is 0 Å². The second kappa shape index (κ2) is 5.15. The molecular formula is C14H15NOS. The average molecular weight is 245 g/mol. The molecule has 0 aromatic heterocycles. The fraction of sp³-hybridized carbons (Fsp3) is 0.143. The third-order valence-electron chi connectivity index (χ3n) is 2.43. The maximum atomic E-state index is 5.99. The minimum atomic E-state index is 0.817. The van der Waals surface area contributed by atoms with Crippen molar-refractivity contribution >= 4 is 17.4 Å². The maximum absolute atomic E-state index is 5.99.